The lowest BCUT2D eigenvalue weighted by molar-refractivity contribution is -0.121. The van der Waals surface area contributed by atoms with E-state index in [1.165, 1.54) is 16.7 Å². The van der Waals surface area contributed by atoms with Crippen molar-refractivity contribution in [1.82, 2.24) is 9.80 Å². The van der Waals surface area contributed by atoms with Crippen LogP contribution in [-0.4, -0.2) is 54.8 Å². The van der Waals surface area contributed by atoms with Gasteiger partial charge in [0.2, 0.25) is 0 Å². The highest BCUT2D eigenvalue weighted by molar-refractivity contribution is 8.04. The number of carbonyl (C=O) groups excluding carboxylic acids is 2. The minimum absolute atomic E-state index is 0.216. The zero-order valence-corrected chi connectivity index (χ0v) is 17.8. The number of nitrogens with zero attached hydrogens (tertiary/aromatic N) is 3. The molecule has 2 aromatic rings. The van der Waals surface area contributed by atoms with Gasteiger partial charge in [0.25, 0.3) is 11.8 Å². The fourth-order valence-corrected chi connectivity index (χ4v) is 4.72. The Labute approximate surface area is 176 Å². The van der Waals surface area contributed by atoms with Crippen molar-refractivity contribution in [1.29, 1.82) is 0 Å². The number of anilines is 1. The van der Waals surface area contributed by atoms with Crippen molar-refractivity contribution in [3.8, 4) is 0 Å². The highest BCUT2D eigenvalue weighted by atomic mass is 32.2. The monoisotopic (exact) mass is 407 g/mol. The molecule has 4 rings (SSSR count). The Kier molecular flexibility index (Phi) is 5.48. The Balaban J connectivity index is 1.76. The first-order valence-corrected chi connectivity index (χ1v) is 10.6. The van der Waals surface area contributed by atoms with Crippen LogP contribution in [0.1, 0.15) is 11.1 Å². The van der Waals surface area contributed by atoms with E-state index < -0.39 is 0 Å². The predicted molar refractivity (Wildman–Crippen MR) is 117 cm³/mol. The number of carbonyl (C=O) groups is 2. The van der Waals surface area contributed by atoms with Crippen molar-refractivity contribution in [2.75, 3.05) is 38.1 Å². The maximum Gasteiger partial charge on any atom is 0.283 e. The molecule has 0 bridgehead atoms. The van der Waals surface area contributed by atoms with Gasteiger partial charge in [0, 0.05) is 31.1 Å². The second-order valence-corrected chi connectivity index (χ2v) is 8.63. The predicted octanol–water partition coefficient (Wildman–Crippen LogP) is 3.43. The zero-order chi connectivity index (χ0) is 20.5. The van der Waals surface area contributed by atoms with Crippen molar-refractivity contribution in [3.63, 3.8) is 0 Å². The molecule has 0 atom stereocenters. The van der Waals surface area contributed by atoms with E-state index in [1.807, 2.05) is 62.4 Å². The number of likely N-dealkylation sites (N-methyl/N-ethyl adjacent to an activating group) is 1. The van der Waals surface area contributed by atoms with Crippen molar-refractivity contribution >= 4 is 29.3 Å². The largest absolute Gasteiger partial charge is 0.363 e. The van der Waals surface area contributed by atoms with Crippen molar-refractivity contribution in [3.05, 3.63) is 70.3 Å². The van der Waals surface area contributed by atoms with Crippen LogP contribution in [0.25, 0.3) is 0 Å². The third-order valence-corrected chi connectivity index (χ3v) is 6.70. The van der Waals surface area contributed by atoms with Crippen molar-refractivity contribution in [2.24, 2.45) is 0 Å². The number of benzene rings is 2. The van der Waals surface area contributed by atoms with Gasteiger partial charge in [-0.15, -0.1) is 0 Å². The summed E-state index contributed by atoms with van der Waals surface area (Å²) >= 11 is 1.39. The zero-order valence-electron chi connectivity index (χ0n) is 17.0. The van der Waals surface area contributed by atoms with Gasteiger partial charge in [-0.05, 0) is 50.2 Å². The maximum absolute atomic E-state index is 13.5. The number of aryl methyl sites for hydroxylation is 1. The lowest BCUT2D eigenvalue weighted by Crippen LogP contribution is -2.46. The molecule has 0 unspecified atom stereocenters. The topological polar surface area (TPSA) is 43.9 Å². The third-order valence-electron chi connectivity index (χ3n) is 5.62. The molecule has 2 amide bonds. The van der Waals surface area contributed by atoms with Crippen LogP contribution < -0.4 is 4.90 Å². The fourth-order valence-electron chi connectivity index (χ4n) is 3.70. The van der Waals surface area contributed by atoms with Gasteiger partial charge in [-0.25, -0.2) is 4.90 Å². The van der Waals surface area contributed by atoms with E-state index in [2.05, 4.69) is 16.8 Å². The van der Waals surface area contributed by atoms with Crippen LogP contribution in [0, 0.1) is 13.8 Å². The summed E-state index contributed by atoms with van der Waals surface area (Å²) in [5.41, 5.74) is 3.24. The molecule has 2 aromatic carbocycles. The minimum atomic E-state index is -0.230. The second kappa shape index (κ2) is 8.05. The first kappa shape index (κ1) is 19.7. The maximum atomic E-state index is 13.5. The Bertz CT molecular complexity index is 979. The number of hydrogen-bond donors (Lipinski definition) is 0. The van der Waals surface area contributed by atoms with Gasteiger partial charge in [0.05, 0.1) is 5.69 Å². The molecule has 0 aliphatic carbocycles. The number of amides is 2. The minimum Gasteiger partial charge on any atom is -0.363 e. The second-order valence-electron chi connectivity index (χ2n) is 7.55. The SMILES string of the molecule is Cc1cccc(N2C(=O)C(Sc3ccccc3)=C(N3CCN(C)CC3)C2=O)c1C. The molecule has 2 aliphatic rings. The lowest BCUT2D eigenvalue weighted by Gasteiger charge is -2.34. The van der Waals surface area contributed by atoms with E-state index in [-0.39, 0.29) is 11.8 Å². The summed E-state index contributed by atoms with van der Waals surface area (Å²) in [6.07, 6.45) is 0. The first-order valence-electron chi connectivity index (χ1n) is 9.83. The smallest absolute Gasteiger partial charge is 0.283 e. The molecular formula is C23H25N3O2S. The average Bonchev–Trinajstić information content (AvgIpc) is 2.96. The molecule has 0 saturated carbocycles. The average molecular weight is 408 g/mol. The van der Waals surface area contributed by atoms with Gasteiger partial charge in [0.15, 0.2) is 0 Å². The van der Waals surface area contributed by atoms with Crippen molar-refractivity contribution < 1.29 is 9.59 Å². The highest BCUT2D eigenvalue weighted by Crippen LogP contribution is 2.40. The summed E-state index contributed by atoms with van der Waals surface area (Å²) in [5.74, 6) is -0.446. The van der Waals surface area contributed by atoms with Gasteiger partial charge in [-0.2, -0.15) is 0 Å². The van der Waals surface area contributed by atoms with E-state index in [4.69, 9.17) is 0 Å². The Morgan fingerprint density at radius 3 is 2.21 bits per heavy atom. The summed E-state index contributed by atoms with van der Waals surface area (Å²) < 4.78 is 0. The van der Waals surface area contributed by atoms with Gasteiger partial charge >= 0.3 is 0 Å². The van der Waals surface area contributed by atoms with Crippen LogP contribution in [0.2, 0.25) is 0 Å². The number of thioether (sulfide) groups is 1. The molecule has 1 saturated heterocycles. The molecule has 29 heavy (non-hydrogen) atoms. The molecule has 5 nitrogen and oxygen atoms in total. The quantitative estimate of drug-likeness (QED) is 0.727. The van der Waals surface area contributed by atoms with E-state index in [0.29, 0.717) is 16.3 Å². The van der Waals surface area contributed by atoms with Crippen LogP contribution in [0.3, 0.4) is 0 Å². The van der Waals surface area contributed by atoms with E-state index in [9.17, 15) is 9.59 Å². The van der Waals surface area contributed by atoms with Gasteiger partial charge in [-0.1, -0.05) is 42.1 Å². The number of rotatable bonds is 4. The first-order chi connectivity index (χ1) is 14.0. The molecule has 150 valence electrons. The molecule has 1 fully saturated rings. The Morgan fingerprint density at radius 1 is 0.828 bits per heavy atom. The van der Waals surface area contributed by atoms with Crippen molar-refractivity contribution in [2.45, 2.75) is 18.7 Å². The van der Waals surface area contributed by atoms with Gasteiger partial charge in [-0.3, -0.25) is 9.59 Å². The van der Waals surface area contributed by atoms with Gasteiger partial charge in [0.1, 0.15) is 10.6 Å². The molecule has 2 aliphatic heterocycles. The van der Waals surface area contributed by atoms with E-state index >= 15 is 0 Å². The molecule has 0 N–H and O–H groups in total. The molecule has 0 aromatic heterocycles. The van der Waals surface area contributed by atoms with E-state index in [1.54, 1.807) is 0 Å². The summed E-state index contributed by atoms with van der Waals surface area (Å²) in [5, 5.41) is 0. The van der Waals surface area contributed by atoms with Crippen LogP contribution in [0.5, 0.6) is 0 Å². The Morgan fingerprint density at radius 2 is 1.52 bits per heavy atom. The summed E-state index contributed by atoms with van der Waals surface area (Å²) in [6.45, 7) is 7.19. The summed E-state index contributed by atoms with van der Waals surface area (Å²) in [4.78, 5) is 34.2. The van der Waals surface area contributed by atoms with E-state index in [0.717, 1.165) is 42.2 Å². The molecule has 6 heteroatoms. The standard InChI is InChI=1S/C23H25N3O2S/c1-16-8-7-11-19(17(16)2)26-22(27)20(25-14-12-24(3)13-15-25)21(23(26)28)29-18-9-5-4-6-10-18/h4-11H,12-15H2,1-3H3. The molecule has 2 heterocycles. The molecule has 0 radical (unpaired) electrons. The number of piperazine rings is 1. The van der Waals surface area contributed by atoms with Crippen LogP contribution in [-0.2, 0) is 9.59 Å². The highest BCUT2D eigenvalue weighted by Gasteiger charge is 2.43. The number of imide groups is 1. The lowest BCUT2D eigenvalue weighted by atomic mass is 10.1. The summed E-state index contributed by atoms with van der Waals surface area (Å²) in [7, 11) is 2.08. The third kappa shape index (κ3) is 3.70. The van der Waals surface area contributed by atoms with Crippen LogP contribution in [0.4, 0.5) is 5.69 Å². The summed E-state index contributed by atoms with van der Waals surface area (Å²) in [6, 6.07) is 15.5. The molecule has 0 spiro atoms. The fraction of sp³-hybridized carbons (Fsp3) is 0.304. The Hall–Kier alpha value is -2.57. The number of hydrogen-bond acceptors (Lipinski definition) is 5. The van der Waals surface area contributed by atoms with Crippen LogP contribution in [0.15, 0.2) is 64.0 Å². The normalized spacial score (nSPS) is 18.2. The van der Waals surface area contributed by atoms with Crippen LogP contribution >= 0.6 is 11.8 Å². The van der Waals surface area contributed by atoms with Gasteiger partial charge < -0.3 is 9.80 Å². The molecular weight excluding hydrogens is 382 g/mol.